The molecule has 0 saturated carbocycles. The zero-order valence-corrected chi connectivity index (χ0v) is 21.8. The molecule has 1 amide bonds. The molecule has 1 saturated heterocycles. The Morgan fingerprint density at radius 2 is 1.81 bits per heavy atom. The predicted molar refractivity (Wildman–Crippen MR) is 148 cm³/mol. The highest BCUT2D eigenvalue weighted by atomic mass is 79.9. The second-order valence-electron chi connectivity index (χ2n) is 8.99. The van der Waals surface area contributed by atoms with Gasteiger partial charge < -0.3 is 4.74 Å². The molecule has 2 N–H and O–H groups in total. The molecule has 4 heterocycles. The van der Waals surface area contributed by atoms with Crippen molar-refractivity contribution < 1.29 is 9.53 Å². The van der Waals surface area contributed by atoms with E-state index in [1.165, 1.54) is 0 Å². The summed E-state index contributed by atoms with van der Waals surface area (Å²) in [4.78, 5) is 13.6. The summed E-state index contributed by atoms with van der Waals surface area (Å²) in [6, 6.07) is 26.0. The number of aromatic nitrogens is 2. The molecule has 7 rings (SSSR count). The molecule has 2 atom stereocenters. The van der Waals surface area contributed by atoms with Crippen molar-refractivity contribution in [2.75, 3.05) is 0 Å². The highest BCUT2D eigenvalue weighted by Crippen LogP contribution is 2.53. The summed E-state index contributed by atoms with van der Waals surface area (Å²) in [5.74, 6) is -0.548. The lowest BCUT2D eigenvalue weighted by Gasteiger charge is -2.45. The van der Waals surface area contributed by atoms with Gasteiger partial charge >= 0.3 is 5.85 Å². The Balaban J connectivity index is 1.39. The number of aromatic amines is 1. The van der Waals surface area contributed by atoms with E-state index in [1.807, 2.05) is 71.7 Å². The fourth-order valence-electron chi connectivity index (χ4n) is 5.08. The Hall–Kier alpha value is -3.82. The lowest BCUT2D eigenvalue weighted by molar-refractivity contribution is -0.0949. The lowest BCUT2D eigenvalue weighted by Crippen LogP contribution is -2.61. The molecule has 182 valence electrons. The molecule has 3 aromatic carbocycles. The third kappa shape index (κ3) is 3.69. The van der Waals surface area contributed by atoms with E-state index < -0.39 is 5.85 Å². The number of hydrogen-bond donors (Lipinski definition) is 2. The standard InChI is InChI=1S/C28H20BrN5O2S/c29-20-11-12-24-21(14-20)23-15-22(17-7-3-1-4-8-17)33-34(23)28(36-24)25(37-27(35)31-28)13-19-16-30-32-26(19)18-9-5-2-6-10-18/h1-14,16,23H,15H2,(H,30,32)(H,31,35)/b25-13-. The first-order chi connectivity index (χ1) is 18.1. The maximum absolute atomic E-state index is 12.9. The van der Waals surface area contributed by atoms with Crippen LogP contribution in [0.25, 0.3) is 17.3 Å². The summed E-state index contributed by atoms with van der Waals surface area (Å²) in [6.07, 6.45) is 4.42. The van der Waals surface area contributed by atoms with Crippen LogP contribution in [0.2, 0.25) is 0 Å². The first kappa shape index (κ1) is 22.4. The van der Waals surface area contributed by atoms with Gasteiger partial charge in [-0.05, 0) is 41.6 Å². The monoisotopic (exact) mass is 569 g/mol. The third-order valence-corrected chi connectivity index (χ3v) is 8.15. The number of hydrazone groups is 1. The number of hydrogen-bond acceptors (Lipinski definition) is 6. The van der Waals surface area contributed by atoms with E-state index in [0.29, 0.717) is 11.3 Å². The van der Waals surface area contributed by atoms with Crippen molar-refractivity contribution in [3.05, 3.63) is 111 Å². The number of rotatable bonds is 3. The number of carbonyl (C=O) groups is 1. The van der Waals surface area contributed by atoms with E-state index in [1.54, 1.807) is 6.20 Å². The van der Waals surface area contributed by atoms with Crippen molar-refractivity contribution in [2.45, 2.75) is 18.3 Å². The van der Waals surface area contributed by atoms with Crippen LogP contribution < -0.4 is 10.1 Å². The number of thioether (sulfide) groups is 1. The highest BCUT2D eigenvalue weighted by molar-refractivity contribution is 9.10. The minimum atomic E-state index is -1.27. The molecule has 37 heavy (non-hydrogen) atoms. The van der Waals surface area contributed by atoms with Crippen LogP contribution in [0.1, 0.15) is 29.2 Å². The summed E-state index contributed by atoms with van der Waals surface area (Å²) in [5, 5.41) is 17.3. The molecule has 3 aliphatic rings. The molecule has 1 spiro atoms. The van der Waals surface area contributed by atoms with Gasteiger partial charge in [-0.25, -0.2) is 5.01 Å². The first-order valence-corrected chi connectivity index (χ1v) is 13.4. The average molecular weight is 570 g/mol. The summed E-state index contributed by atoms with van der Waals surface area (Å²) in [5.41, 5.74) is 5.75. The van der Waals surface area contributed by atoms with Crippen LogP contribution in [0.4, 0.5) is 4.79 Å². The van der Waals surface area contributed by atoms with Crippen LogP contribution in [0, 0.1) is 0 Å². The molecule has 9 heteroatoms. The maximum atomic E-state index is 12.9. The van der Waals surface area contributed by atoms with E-state index in [0.717, 1.165) is 55.6 Å². The van der Waals surface area contributed by atoms with E-state index in [-0.39, 0.29) is 11.3 Å². The van der Waals surface area contributed by atoms with Crippen LogP contribution in [0.3, 0.4) is 0 Å². The van der Waals surface area contributed by atoms with Crippen LogP contribution in [-0.2, 0) is 0 Å². The number of carbonyl (C=O) groups excluding carboxylic acids is 1. The van der Waals surface area contributed by atoms with Gasteiger partial charge in [-0.2, -0.15) is 10.2 Å². The fraction of sp³-hybridized carbons (Fsp3) is 0.107. The van der Waals surface area contributed by atoms with E-state index in [9.17, 15) is 4.79 Å². The molecular formula is C28H20BrN5O2S. The smallest absolute Gasteiger partial charge is 0.314 e. The zero-order valence-electron chi connectivity index (χ0n) is 19.4. The molecule has 0 radical (unpaired) electrons. The molecule has 0 aliphatic carbocycles. The second-order valence-corrected chi connectivity index (χ2v) is 10.9. The van der Waals surface area contributed by atoms with Gasteiger partial charge in [0.15, 0.2) is 0 Å². The molecule has 4 aromatic rings. The summed E-state index contributed by atoms with van der Waals surface area (Å²) < 4.78 is 7.62. The number of fused-ring (bicyclic) bond motifs is 4. The summed E-state index contributed by atoms with van der Waals surface area (Å²) >= 11 is 4.73. The van der Waals surface area contributed by atoms with Gasteiger partial charge in [0, 0.05) is 27.6 Å². The number of amides is 1. The highest BCUT2D eigenvalue weighted by Gasteiger charge is 2.58. The van der Waals surface area contributed by atoms with Gasteiger partial charge in [0.05, 0.1) is 28.5 Å². The van der Waals surface area contributed by atoms with Crippen molar-refractivity contribution in [1.29, 1.82) is 0 Å². The van der Waals surface area contributed by atoms with Gasteiger partial charge in [0.2, 0.25) is 0 Å². The fourth-order valence-corrected chi connectivity index (χ4v) is 6.35. The Labute approximate surface area is 225 Å². The number of nitrogens with zero attached hydrogens (tertiary/aromatic N) is 3. The molecule has 1 fully saturated rings. The first-order valence-electron chi connectivity index (χ1n) is 11.8. The van der Waals surface area contributed by atoms with Crippen LogP contribution in [0.15, 0.2) is 99.5 Å². The SMILES string of the molecule is O=C1NC2(Oc3ccc(Br)cc3C3CC(c4ccccc4)=NN32)/C(=C/c2cn[nH]c2-c2ccccc2)S1. The minimum Gasteiger partial charge on any atom is -0.444 e. The Kier molecular flexibility index (Phi) is 5.23. The number of halogens is 1. The van der Waals surface area contributed by atoms with E-state index >= 15 is 0 Å². The van der Waals surface area contributed by atoms with Gasteiger partial charge in [-0.3, -0.25) is 15.2 Å². The van der Waals surface area contributed by atoms with Crippen molar-refractivity contribution in [1.82, 2.24) is 20.5 Å². The second kappa shape index (κ2) is 8.64. The van der Waals surface area contributed by atoms with E-state index in [2.05, 4.69) is 49.6 Å². The third-order valence-electron chi connectivity index (χ3n) is 6.75. The molecule has 2 unspecified atom stereocenters. The quantitative estimate of drug-likeness (QED) is 0.293. The maximum Gasteiger partial charge on any atom is 0.314 e. The van der Waals surface area contributed by atoms with Gasteiger partial charge in [0.1, 0.15) is 5.75 Å². The average Bonchev–Trinajstić information content (AvgIpc) is 3.64. The van der Waals surface area contributed by atoms with E-state index in [4.69, 9.17) is 9.84 Å². The molecule has 0 bridgehead atoms. The van der Waals surface area contributed by atoms with Crippen LogP contribution >= 0.6 is 27.7 Å². The number of ether oxygens (including phenoxy) is 1. The van der Waals surface area contributed by atoms with Crippen molar-refractivity contribution >= 4 is 44.7 Å². The van der Waals surface area contributed by atoms with Gasteiger partial charge in [0.25, 0.3) is 5.24 Å². The summed E-state index contributed by atoms with van der Waals surface area (Å²) in [7, 11) is 0. The van der Waals surface area contributed by atoms with Crippen LogP contribution in [-0.4, -0.2) is 32.0 Å². The zero-order chi connectivity index (χ0) is 25.0. The Bertz CT molecular complexity index is 1590. The van der Waals surface area contributed by atoms with Gasteiger partial charge in [-0.15, -0.1) is 0 Å². The molecular weight excluding hydrogens is 550 g/mol. The molecule has 1 aromatic heterocycles. The van der Waals surface area contributed by atoms with Crippen molar-refractivity contribution in [3.8, 4) is 17.0 Å². The Morgan fingerprint density at radius 3 is 2.59 bits per heavy atom. The minimum absolute atomic E-state index is 0.114. The number of nitrogens with one attached hydrogen (secondary N) is 2. The van der Waals surface area contributed by atoms with Crippen molar-refractivity contribution in [3.63, 3.8) is 0 Å². The number of H-pyrrole nitrogens is 1. The Morgan fingerprint density at radius 1 is 1.05 bits per heavy atom. The largest absolute Gasteiger partial charge is 0.444 e. The van der Waals surface area contributed by atoms with Crippen LogP contribution in [0.5, 0.6) is 5.75 Å². The summed E-state index contributed by atoms with van der Waals surface area (Å²) in [6.45, 7) is 0. The molecule has 7 nitrogen and oxygen atoms in total. The van der Waals surface area contributed by atoms with Gasteiger partial charge in [-0.1, -0.05) is 76.6 Å². The predicted octanol–water partition coefficient (Wildman–Crippen LogP) is 6.53. The van der Waals surface area contributed by atoms with Crippen molar-refractivity contribution in [2.24, 2.45) is 5.10 Å². The topological polar surface area (TPSA) is 82.6 Å². The lowest BCUT2D eigenvalue weighted by atomic mass is 9.95. The number of benzene rings is 3. The molecule has 3 aliphatic heterocycles. The normalized spacial score (nSPS) is 23.0.